The Labute approximate surface area is 238 Å². The third-order valence-electron chi connectivity index (χ3n) is 8.62. The maximum atomic E-state index is 14.7. The number of anilines is 1. The number of aliphatic hydroxyl groups excluding tert-OH is 1. The predicted molar refractivity (Wildman–Crippen MR) is 154 cm³/mol. The molecule has 1 aromatic carbocycles. The second-order valence-electron chi connectivity index (χ2n) is 11.9. The Bertz CT molecular complexity index is 1150. The molecule has 3 saturated heterocycles. The summed E-state index contributed by atoms with van der Waals surface area (Å²) in [6.07, 6.45) is 5.89. The maximum absolute atomic E-state index is 14.7. The topological polar surface area (TPSA) is 96.4 Å². The molecule has 1 N–H and O–H groups in total. The van der Waals surface area contributed by atoms with Gasteiger partial charge in [-0.3, -0.25) is 14.4 Å². The number of amides is 2. The molecule has 3 fully saturated rings. The molecule has 0 aromatic heterocycles. The summed E-state index contributed by atoms with van der Waals surface area (Å²) in [5.74, 6) is -2.50. The highest BCUT2D eigenvalue weighted by atomic mass is 16.6. The van der Waals surface area contributed by atoms with Gasteiger partial charge in [-0.25, -0.2) is 0 Å². The Hall–Kier alpha value is -2.97. The third kappa shape index (κ3) is 5.23. The van der Waals surface area contributed by atoms with Crippen molar-refractivity contribution in [2.45, 2.75) is 83.6 Å². The van der Waals surface area contributed by atoms with Gasteiger partial charge in [0.1, 0.15) is 11.6 Å². The summed E-state index contributed by atoms with van der Waals surface area (Å²) in [6.45, 7) is 15.7. The molecule has 1 aromatic rings. The zero-order chi connectivity index (χ0) is 29.2. The van der Waals surface area contributed by atoms with Gasteiger partial charge in [-0.05, 0) is 69.1 Å². The van der Waals surface area contributed by atoms with Crippen molar-refractivity contribution in [1.82, 2.24) is 4.90 Å². The van der Waals surface area contributed by atoms with E-state index in [4.69, 9.17) is 9.47 Å². The zero-order valence-electron chi connectivity index (χ0n) is 24.3. The summed E-state index contributed by atoms with van der Waals surface area (Å²) in [6, 6.07) is 4.35. The fourth-order valence-corrected chi connectivity index (χ4v) is 6.94. The quantitative estimate of drug-likeness (QED) is 0.225. The first-order chi connectivity index (χ1) is 19.1. The highest BCUT2D eigenvalue weighted by Crippen LogP contribution is 2.59. The fourth-order valence-electron chi connectivity index (χ4n) is 6.94. The summed E-state index contributed by atoms with van der Waals surface area (Å²) in [5, 5.41) is 10.5. The van der Waals surface area contributed by atoms with Crippen LogP contribution in [0.4, 0.5) is 5.69 Å². The molecule has 2 amide bonds. The minimum atomic E-state index is -1.16. The van der Waals surface area contributed by atoms with E-state index >= 15 is 0 Å². The number of carbonyl (C=O) groups excluding carboxylic acids is 3. The van der Waals surface area contributed by atoms with Crippen LogP contribution in [0.3, 0.4) is 0 Å². The SMILES string of the molecule is C=CCCCOC(=O)[C@@H]1[C@H]2C(=O)N([C@@H](CO)CC(C)C)C(C(=O)N(CC=C)c3cc(C)ccc3C)C23CC[C@H]1O3. The number of unbranched alkanes of at least 4 members (excludes halogenated alkanes) is 1. The molecule has 2 bridgehead atoms. The molecule has 8 nitrogen and oxygen atoms in total. The van der Waals surface area contributed by atoms with Gasteiger partial charge in [0.25, 0.3) is 5.91 Å². The van der Waals surface area contributed by atoms with Crippen LogP contribution < -0.4 is 4.90 Å². The van der Waals surface area contributed by atoms with Crippen molar-refractivity contribution in [3.63, 3.8) is 0 Å². The van der Waals surface area contributed by atoms with E-state index in [0.29, 0.717) is 25.7 Å². The molecule has 3 aliphatic rings. The van der Waals surface area contributed by atoms with Gasteiger partial charge in [-0.15, -0.1) is 13.2 Å². The van der Waals surface area contributed by atoms with Crippen LogP contribution in [-0.2, 0) is 23.9 Å². The summed E-state index contributed by atoms with van der Waals surface area (Å²) in [7, 11) is 0. The number of hydrogen-bond donors (Lipinski definition) is 1. The Morgan fingerprint density at radius 1 is 1.27 bits per heavy atom. The third-order valence-corrected chi connectivity index (χ3v) is 8.62. The predicted octanol–water partition coefficient (Wildman–Crippen LogP) is 4.11. The number of hydrogen-bond acceptors (Lipinski definition) is 6. The number of fused-ring (bicyclic) bond motifs is 1. The minimum absolute atomic E-state index is 0.171. The minimum Gasteiger partial charge on any atom is -0.465 e. The first-order valence-electron chi connectivity index (χ1n) is 14.5. The first kappa shape index (κ1) is 30.0. The van der Waals surface area contributed by atoms with Crippen molar-refractivity contribution in [2.24, 2.45) is 17.8 Å². The van der Waals surface area contributed by atoms with Gasteiger partial charge in [0.15, 0.2) is 0 Å². The van der Waals surface area contributed by atoms with Crippen LogP contribution in [0.5, 0.6) is 0 Å². The van der Waals surface area contributed by atoms with Gasteiger partial charge in [0.2, 0.25) is 5.91 Å². The van der Waals surface area contributed by atoms with Crippen LogP contribution in [0.1, 0.15) is 57.1 Å². The van der Waals surface area contributed by atoms with Gasteiger partial charge in [0, 0.05) is 12.2 Å². The van der Waals surface area contributed by atoms with Crippen molar-refractivity contribution < 1.29 is 29.0 Å². The van der Waals surface area contributed by atoms with E-state index in [1.165, 1.54) is 0 Å². The number of aliphatic hydroxyl groups is 1. The van der Waals surface area contributed by atoms with Crippen LogP contribution in [0.2, 0.25) is 0 Å². The lowest BCUT2D eigenvalue weighted by atomic mass is 9.70. The van der Waals surface area contributed by atoms with Gasteiger partial charge < -0.3 is 24.4 Å². The van der Waals surface area contributed by atoms with E-state index in [1.807, 2.05) is 45.9 Å². The summed E-state index contributed by atoms with van der Waals surface area (Å²) >= 11 is 0. The second kappa shape index (κ2) is 12.3. The van der Waals surface area contributed by atoms with E-state index in [1.54, 1.807) is 22.0 Å². The number of carbonyl (C=O) groups is 3. The van der Waals surface area contributed by atoms with Crippen LogP contribution >= 0.6 is 0 Å². The molecule has 0 radical (unpaired) electrons. The van der Waals surface area contributed by atoms with E-state index in [0.717, 1.165) is 23.2 Å². The fraction of sp³-hybridized carbons (Fsp3) is 0.594. The molecular weight excluding hydrogens is 508 g/mol. The number of esters is 1. The number of ether oxygens (including phenoxy) is 2. The largest absolute Gasteiger partial charge is 0.465 e. The van der Waals surface area contributed by atoms with E-state index in [-0.39, 0.29) is 37.5 Å². The van der Waals surface area contributed by atoms with Gasteiger partial charge in [0.05, 0.1) is 37.2 Å². The lowest BCUT2D eigenvalue weighted by molar-refractivity contribution is -0.156. The smallest absolute Gasteiger partial charge is 0.312 e. The molecule has 0 aliphatic carbocycles. The van der Waals surface area contributed by atoms with Crippen LogP contribution in [0.25, 0.3) is 0 Å². The summed E-state index contributed by atoms with van der Waals surface area (Å²) < 4.78 is 12.2. The van der Waals surface area contributed by atoms with E-state index in [9.17, 15) is 19.5 Å². The van der Waals surface area contributed by atoms with Crippen molar-refractivity contribution in [2.75, 3.05) is 24.7 Å². The highest BCUT2D eigenvalue weighted by Gasteiger charge is 2.75. The molecule has 3 aliphatic heterocycles. The Balaban J connectivity index is 1.78. The molecular formula is C32H44N2O6. The highest BCUT2D eigenvalue weighted by molar-refractivity contribution is 6.05. The number of allylic oxidation sites excluding steroid dienone is 1. The van der Waals surface area contributed by atoms with Crippen molar-refractivity contribution in [1.29, 1.82) is 0 Å². The lowest BCUT2D eigenvalue weighted by Gasteiger charge is -2.40. The molecule has 1 spiro atoms. The number of benzene rings is 1. The molecule has 2 unspecified atom stereocenters. The van der Waals surface area contributed by atoms with Crippen molar-refractivity contribution in [3.8, 4) is 0 Å². The average Bonchev–Trinajstić information content (AvgIpc) is 3.56. The van der Waals surface area contributed by atoms with Gasteiger partial charge in [-0.1, -0.05) is 38.1 Å². The Kier molecular flexibility index (Phi) is 9.20. The number of likely N-dealkylation sites (tertiary alicyclic amines) is 1. The lowest BCUT2D eigenvalue weighted by Crippen LogP contribution is -2.59. The Morgan fingerprint density at radius 2 is 2.02 bits per heavy atom. The van der Waals surface area contributed by atoms with E-state index in [2.05, 4.69) is 13.2 Å². The summed E-state index contributed by atoms with van der Waals surface area (Å²) in [5.41, 5.74) is 1.50. The molecule has 3 heterocycles. The standard InChI is InChI=1S/C32H44N2O6/c1-7-9-10-16-39-31(38)26-25-13-14-32(40-25)27(26)29(36)34(23(19-35)17-20(3)4)28(32)30(37)33(15-8-2)24-18-21(5)11-12-22(24)6/h7-8,11-12,18,20,23,25-28,35H,1-2,9-10,13-17,19H2,3-6H3/t23-,25-,26+,27+,28?,32?/m1/s1. The number of aryl methyl sites for hydroxylation is 2. The second-order valence-corrected chi connectivity index (χ2v) is 11.9. The number of rotatable bonds is 13. The molecule has 218 valence electrons. The number of nitrogens with zero attached hydrogens (tertiary/aromatic N) is 2. The Morgan fingerprint density at radius 3 is 2.67 bits per heavy atom. The van der Waals surface area contributed by atoms with Crippen LogP contribution in [0.15, 0.2) is 43.5 Å². The van der Waals surface area contributed by atoms with Crippen molar-refractivity contribution in [3.05, 3.63) is 54.6 Å². The van der Waals surface area contributed by atoms with Crippen LogP contribution in [0, 0.1) is 31.6 Å². The maximum Gasteiger partial charge on any atom is 0.312 e. The molecule has 0 saturated carbocycles. The molecule has 40 heavy (non-hydrogen) atoms. The van der Waals surface area contributed by atoms with Crippen LogP contribution in [-0.4, -0.2) is 71.3 Å². The normalized spacial score (nSPS) is 27.6. The van der Waals surface area contributed by atoms with E-state index < -0.39 is 41.6 Å². The average molecular weight is 553 g/mol. The molecule has 8 heteroatoms. The zero-order valence-corrected chi connectivity index (χ0v) is 24.3. The van der Waals surface area contributed by atoms with Crippen molar-refractivity contribution >= 4 is 23.5 Å². The van der Waals surface area contributed by atoms with Gasteiger partial charge in [-0.2, -0.15) is 0 Å². The molecule has 6 atom stereocenters. The molecule has 4 rings (SSSR count). The van der Waals surface area contributed by atoms with Gasteiger partial charge >= 0.3 is 5.97 Å². The monoisotopic (exact) mass is 552 g/mol. The first-order valence-corrected chi connectivity index (χ1v) is 14.5. The summed E-state index contributed by atoms with van der Waals surface area (Å²) in [4.78, 5) is 45.6.